The van der Waals surface area contributed by atoms with Crippen LogP contribution in [-0.2, 0) is 22.6 Å². The Kier molecular flexibility index (Phi) is 6.89. The smallest absolute Gasteiger partial charge is 0.242 e. The number of likely N-dealkylation sites (N-methyl/N-ethyl adjacent to an activating group) is 1. The SMILES string of the molecule is CCNC(=O)[C@H](C)N(Cc1ccc(F)cc1)C(=O)Cc1cccc(C)c1. The lowest BCUT2D eigenvalue weighted by Crippen LogP contribution is -2.48. The summed E-state index contributed by atoms with van der Waals surface area (Å²) in [6.07, 6.45) is 0.215. The molecule has 2 aromatic carbocycles. The van der Waals surface area contributed by atoms with Gasteiger partial charge in [0.15, 0.2) is 0 Å². The highest BCUT2D eigenvalue weighted by molar-refractivity contribution is 5.88. The van der Waals surface area contributed by atoms with Gasteiger partial charge in [0, 0.05) is 13.1 Å². The van der Waals surface area contributed by atoms with E-state index in [-0.39, 0.29) is 30.6 Å². The van der Waals surface area contributed by atoms with E-state index >= 15 is 0 Å². The highest BCUT2D eigenvalue weighted by Crippen LogP contribution is 2.14. The van der Waals surface area contributed by atoms with Crippen molar-refractivity contribution in [1.29, 1.82) is 0 Å². The van der Waals surface area contributed by atoms with Gasteiger partial charge in [-0.2, -0.15) is 0 Å². The number of aryl methyl sites for hydroxylation is 1. The third kappa shape index (κ3) is 5.41. The van der Waals surface area contributed by atoms with Gasteiger partial charge in [0.1, 0.15) is 11.9 Å². The molecule has 4 nitrogen and oxygen atoms in total. The van der Waals surface area contributed by atoms with Gasteiger partial charge in [-0.25, -0.2) is 4.39 Å². The van der Waals surface area contributed by atoms with Gasteiger partial charge in [-0.05, 0) is 44.0 Å². The number of nitrogens with zero attached hydrogens (tertiary/aromatic N) is 1. The number of hydrogen-bond acceptors (Lipinski definition) is 2. The molecular weight excluding hydrogens is 331 g/mol. The minimum atomic E-state index is -0.614. The second-order valence-electron chi connectivity index (χ2n) is 6.38. The lowest BCUT2D eigenvalue weighted by atomic mass is 10.1. The van der Waals surface area contributed by atoms with Crippen LogP contribution in [-0.4, -0.2) is 29.3 Å². The number of carbonyl (C=O) groups is 2. The Bertz CT molecular complexity index is 759. The summed E-state index contributed by atoms with van der Waals surface area (Å²) in [7, 11) is 0. The monoisotopic (exact) mass is 356 g/mol. The number of hydrogen-bond donors (Lipinski definition) is 1. The fourth-order valence-corrected chi connectivity index (χ4v) is 2.79. The summed E-state index contributed by atoms with van der Waals surface area (Å²) in [6.45, 7) is 6.27. The van der Waals surface area contributed by atoms with Crippen LogP contribution in [0.3, 0.4) is 0 Å². The third-order valence-electron chi connectivity index (χ3n) is 4.22. The molecule has 2 aromatic rings. The molecule has 0 spiro atoms. The first-order valence-electron chi connectivity index (χ1n) is 8.78. The molecule has 0 aliphatic heterocycles. The van der Waals surface area contributed by atoms with Gasteiger partial charge in [-0.1, -0.05) is 42.0 Å². The zero-order valence-corrected chi connectivity index (χ0v) is 15.5. The van der Waals surface area contributed by atoms with Crippen molar-refractivity contribution >= 4 is 11.8 Å². The lowest BCUT2D eigenvalue weighted by molar-refractivity contribution is -0.140. The summed E-state index contributed by atoms with van der Waals surface area (Å²) >= 11 is 0. The Hall–Kier alpha value is -2.69. The highest BCUT2D eigenvalue weighted by atomic mass is 19.1. The molecule has 26 heavy (non-hydrogen) atoms. The maximum absolute atomic E-state index is 13.2. The predicted octanol–water partition coefficient (Wildman–Crippen LogP) is 3.23. The molecule has 0 saturated heterocycles. The first-order chi connectivity index (χ1) is 12.4. The van der Waals surface area contributed by atoms with Gasteiger partial charge in [0.05, 0.1) is 6.42 Å². The summed E-state index contributed by atoms with van der Waals surface area (Å²) in [5.41, 5.74) is 2.76. The van der Waals surface area contributed by atoms with E-state index in [4.69, 9.17) is 0 Å². The molecule has 0 aromatic heterocycles. The van der Waals surface area contributed by atoms with E-state index in [0.717, 1.165) is 16.7 Å². The van der Waals surface area contributed by atoms with Crippen molar-refractivity contribution in [1.82, 2.24) is 10.2 Å². The Morgan fingerprint density at radius 2 is 1.81 bits per heavy atom. The molecule has 5 heteroatoms. The molecule has 0 saturated carbocycles. The average molecular weight is 356 g/mol. The van der Waals surface area contributed by atoms with Crippen molar-refractivity contribution in [3.05, 3.63) is 71.0 Å². The van der Waals surface area contributed by atoms with Crippen LogP contribution in [0.15, 0.2) is 48.5 Å². The molecular formula is C21H25FN2O2. The molecule has 0 unspecified atom stereocenters. The fraction of sp³-hybridized carbons (Fsp3) is 0.333. The van der Waals surface area contributed by atoms with E-state index < -0.39 is 6.04 Å². The minimum absolute atomic E-state index is 0.140. The average Bonchev–Trinajstić information content (AvgIpc) is 2.60. The van der Waals surface area contributed by atoms with E-state index in [9.17, 15) is 14.0 Å². The largest absolute Gasteiger partial charge is 0.355 e. The molecule has 138 valence electrons. The van der Waals surface area contributed by atoms with Crippen LogP contribution in [0.25, 0.3) is 0 Å². The van der Waals surface area contributed by atoms with Crippen molar-refractivity contribution < 1.29 is 14.0 Å². The van der Waals surface area contributed by atoms with E-state index in [1.807, 2.05) is 38.1 Å². The zero-order chi connectivity index (χ0) is 19.1. The van der Waals surface area contributed by atoms with Crippen LogP contribution in [0.1, 0.15) is 30.5 Å². The van der Waals surface area contributed by atoms with Crippen molar-refractivity contribution in [2.75, 3.05) is 6.54 Å². The number of halogens is 1. The molecule has 0 aliphatic rings. The molecule has 1 N–H and O–H groups in total. The Labute approximate surface area is 154 Å². The molecule has 2 amide bonds. The van der Waals surface area contributed by atoms with Gasteiger partial charge in [0.2, 0.25) is 11.8 Å². The molecule has 0 bridgehead atoms. The van der Waals surface area contributed by atoms with Crippen LogP contribution in [0.2, 0.25) is 0 Å². The van der Waals surface area contributed by atoms with Crippen LogP contribution < -0.4 is 5.32 Å². The van der Waals surface area contributed by atoms with Crippen LogP contribution in [0.5, 0.6) is 0 Å². The molecule has 1 atom stereocenters. The summed E-state index contributed by atoms with van der Waals surface area (Å²) in [4.78, 5) is 26.7. The maximum Gasteiger partial charge on any atom is 0.242 e. The molecule has 0 fully saturated rings. The molecule has 0 radical (unpaired) electrons. The van der Waals surface area contributed by atoms with Gasteiger partial charge >= 0.3 is 0 Å². The second kappa shape index (κ2) is 9.13. The van der Waals surface area contributed by atoms with E-state index in [1.165, 1.54) is 12.1 Å². The number of benzene rings is 2. The number of nitrogens with one attached hydrogen (secondary N) is 1. The normalized spacial score (nSPS) is 11.7. The van der Waals surface area contributed by atoms with Crippen LogP contribution in [0, 0.1) is 12.7 Å². The lowest BCUT2D eigenvalue weighted by Gasteiger charge is -2.29. The van der Waals surface area contributed by atoms with E-state index in [0.29, 0.717) is 6.54 Å². The van der Waals surface area contributed by atoms with E-state index in [1.54, 1.807) is 24.0 Å². The van der Waals surface area contributed by atoms with Crippen LogP contribution >= 0.6 is 0 Å². The highest BCUT2D eigenvalue weighted by Gasteiger charge is 2.25. The van der Waals surface area contributed by atoms with Gasteiger partial charge < -0.3 is 10.2 Å². The Morgan fingerprint density at radius 3 is 2.42 bits per heavy atom. The van der Waals surface area contributed by atoms with Crippen molar-refractivity contribution in [2.45, 2.75) is 39.8 Å². The van der Waals surface area contributed by atoms with Gasteiger partial charge in [-0.15, -0.1) is 0 Å². The molecule has 0 aliphatic carbocycles. The first-order valence-corrected chi connectivity index (χ1v) is 8.78. The van der Waals surface area contributed by atoms with Gasteiger partial charge in [0.25, 0.3) is 0 Å². The molecule has 0 heterocycles. The fourth-order valence-electron chi connectivity index (χ4n) is 2.79. The summed E-state index contributed by atoms with van der Waals surface area (Å²) < 4.78 is 13.2. The number of rotatable bonds is 7. The van der Waals surface area contributed by atoms with Gasteiger partial charge in [-0.3, -0.25) is 9.59 Å². The number of amides is 2. The second-order valence-corrected chi connectivity index (χ2v) is 6.38. The van der Waals surface area contributed by atoms with Crippen LogP contribution in [0.4, 0.5) is 4.39 Å². The van der Waals surface area contributed by atoms with Crippen molar-refractivity contribution in [3.8, 4) is 0 Å². The molecule has 2 rings (SSSR count). The summed E-state index contributed by atoms with van der Waals surface area (Å²) in [5.74, 6) is -0.672. The minimum Gasteiger partial charge on any atom is -0.355 e. The van der Waals surface area contributed by atoms with Crippen molar-refractivity contribution in [2.24, 2.45) is 0 Å². The van der Waals surface area contributed by atoms with Crippen molar-refractivity contribution in [3.63, 3.8) is 0 Å². The standard InChI is InChI=1S/C21H25FN2O2/c1-4-23-21(26)16(3)24(14-17-8-10-19(22)11-9-17)20(25)13-18-7-5-6-15(2)12-18/h5-12,16H,4,13-14H2,1-3H3,(H,23,26)/t16-/m0/s1. The zero-order valence-electron chi connectivity index (χ0n) is 15.5. The summed E-state index contributed by atoms with van der Waals surface area (Å²) in [6, 6.07) is 13.1. The Balaban J connectivity index is 2.21. The quantitative estimate of drug-likeness (QED) is 0.828. The summed E-state index contributed by atoms with van der Waals surface area (Å²) in [5, 5.41) is 2.76. The predicted molar refractivity (Wildman–Crippen MR) is 100.0 cm³/mol. The Morgan fingerprint density at radius 1 is 1.12 bits per heavy atom. The maximum atomic E-state index is 13.2. The van der Waals surface area contributed by atoms with E-state index in [2.05, 4.69) is 5.32 Å². The topological polar surface area (TPSA) is 49.4 Å². The number of carbonyl (C=O) groups excluding carboxylic acids is 2. The first kappa shape index (κ1) is 19.6. The third-order valence-corrected chi connectivity index (χ3v) is 4.22.